The number of aromatic nitrogens is 7. The summed E-state index contributed by atoms with van der Waals surface area (Å²) in [7, 11) is 0. The lowest BCUT2D eigenvalue weighted by atomic mass is 9.96. The molecule has 4 heterocycles. The van der Waals surface area contributed by atoms with Crippen LogP contribution in [0.3, 0.4) is 0 Å². The maximum atomic E-state index is 6.27. The third-order valence-corrected chi connectivity index (χ3v) is 15.0. The van der Waals surface area contributed by atoms with E-state index in [2.05, 4.69) is 199 Å². The van der Waals surface area contributed by atoms with Crippen molar-refractivity contribution < 1.29 is 4.42 Å². The van der Waals surface area contributed by atoms with Gasteiger partial charge in [0, 0.05) is 66.0 Å². The molecule has 0 spiro atoms. The minimum absolute atomic E-state index is 0.582. The second-order valence-corrected chi connectivity index (χ2v) is 19.9. The van der Waals surface area contributed by atoms with E-state index in [-0.39, 0.29) is 0 Å². The molecule has 15 rings (SSSR count). The van der Waals surface area contributed by atoms with Crippen LogP contribution < -0.4 is 0 Å². The van der Waals surface area contributed by atoms with Gasteiger partial charge in [0.2, 0.25) is 0 Å². The Bertz CT molecular complexity index is 4690. The van der Waals surface area contributed by atoms with Crippen LogP contribution in [-0.4, -0.2) is 34.9 Å². The predicted molar refractivity (Wildman–Crippen MR) is 324 cm³/mol. The van der Waals surface area contributed by atoms with Crippen molar-refractivity contribution in [2.24, 2.45) is 0 Å². The van der Waals surface area contributed by atoms with E-state index >= 15 is 0 Å². The summed E-state index contributed by atoms with van der Waals surface area (Å²) in [5.41, 5.74) is 17.9. The Labute approximate surface area is 460 Å². The number of nitrogens with zero attached hydrogens (tertiary/aromatic N) is 6. The van der Waals surface area contributed by atoms with Gasteiger partial charge >= 0.3 is 0 Å². The molecular weight excluding hydrogens is 979 g/mol. The minimum atomic E-state index is 0.582. The number of hydrogen-bond donors (Lipinski definition) is 1. The van der Waals surface area contributed by atoms with Crippen LogP contribution in [0.5, 0.6) is 0 Å². The molecule has 0 amide bonds. The van der Waals surface area contributed by atoms with Gasteiger partial charge in [-0.2, -0.15) is 0 Å². The molecule has 0 aliphatic rings. The number of para-hydroxylation sites is 2. The van der Waals surface area contributed by atoms with E-state index in [1.807, 2.05) is 72.8 Å². The number of fused-ring (bicyclic) bond motifs is 6. The molecule has 1 N–H and O–H groups in total. The summed E-state index contributed by atoms with van der Waals surface area (Å²) in [6.07, 6.45) is 0. The highest BCUT2D eigenvalue weighted by atomic mass is 16.3. The summed E-state index contributed by atoms with van der Waals surface area (Å²) in [4.78, 5) is 34.8. The summed E-state index contributed by atoms with van der Waals surface area (Å²) in [5.74, 6) is 3.57. The number of benzene rings is 11. The molecule has 8 heteroatoms. The van der Waals surface area contributed by atoms with Crippen molar-refractivity contribution >= 4 is 43.7 Å². The highest BCUT2D eigenvalue weighted by Gasteiger charge is 2.21. The van der Waals surface area contributed by atoms with Crippen LogP contribution >= 0.6 is 0 Å². The van der Waals surface area contributed by atoms with E-state index in [9.17, 15) is 0 Å². The van der Waals surface area contributed by atoms with Gasteiger partial charge in [-0.05, 0) is 63.2 Å². The van der Waals surface area contributed by atoms with Crippen LogP contribution in [0.2, 0.25) is 0 Å². The number of aromatic amines is 1. The maximum Gasteiger partial charge on any atom is 0.164 e. The van der Waals surface area contributed by atoms with Gasteiger partial charge in [-0.25, -0.2) is 29.9 Å². The minimum Gasteiger partial charge on any atom is -0.456 e. The second-order valence-electron chi connectivity index (χ2n) is 19.9. The number of rotatable bonds is 10. The zero-order chi connectivity index (χ0) is 52.9. The molecule has 0 radical (unpaired) electrons. The van der Waals surface area contributed by atoms with Crippen molar-refractivity contribution in [3.63, 3.8) is 0 Å². The Kier molecular flexibility index (Phi) is 11.3. The number of furan rings is 1. The SMILES string of the molecule is c1ccc(-c2ccc(-c3nc(-c4ccc(-c5ccccc5)cc4)nc(-c4cccc5[nH]c6c(-c7cccc(-c8ccc(-c9nc(-c%10ccccc%10)nc(-c%10cccc%11oc%12ccccc%12c%10%11)n9)cc8)c7)cccc6c45)n3)cc2)cc1. The highest BCUT2D eigenvalue weighted by Crippen LogP contribution is 2.41. The highest BCUT2D eigenvalue weighted by molar-refractivity contribution is 6.17. The number of nitrogens with one attached hydrogen (secondary N) is 1. The molecule has 0 bridgehead atoms. The topological polar surface area (TPSA) is 106 Å². The van der Waals surface area contributed by atoms with Crippen molar-refractivity contribution in [1.29, 1.82) is 0 Å². The molecule has 4 aromatic heterocycles. The second kappa shape index (κ2) is 19.6. The Morgan fingerprint density at radius 2 is 0.600 bits per heavy atom. The van der Waals surface area contributed by atoms with Crippen molar-refractivity contribution in [2.75, 3.05) is 0 Å². The van der Waals surface area contributed by atoms with Crippen LogP contribution in [0.15, 0.2) is 271 Å². The van der Waals surface area contributed by atoms with Crippen molar-refractivity contribution in [1.82, 2.24) is 34.9 Å². The first-order valence-electron chi connectivity index (χ1n) is 26.7. The van der Waals surface area contributed by atoms with E-state index in [4.69, 9.17) is 34.3 Å². The summed E-state index contributed by atoms with van der Waals surface area (Å²) in [5, 5.41) is 4.12. The normalized spacial score (nSPS) is 11.5. The first kappa shape index (κ1) is 46.4. The van der Waals surface area contributed by atoms with Gasteiger partial charge in [0.05, 0.1) is 5.52 Å². The van der Waals surface area contributed by atoms with Crippen molar-refractivity contribution in [3.8, 4) is 113 Å². The van der Waals surface area contributed by atoms with E-state index in [0.29, 0.717) is 34.9 Å². The van der Waals surface area contributed by atoms with E-state index in [1.54, 1.807) is 0 Å². The zero-order valence-electron chi connectivity index (χ0n) is 43.0. The summed E-state index contributed by atoms with van der Waals surface area (Å²) in [6.45, 7) is 0. The molecule has 0 saturated heterocycles. The van der Waals surface area contributed by atoms with Crippen LogP contribution in [0, 0.1) is 0 Å². The van der Waals surface area contributed by atoms with E-state index in [1.165, 1.54) is 0 Å². The first-order valence-corrected chi connectivity index (χ1v) is 26.7. The molecule has 0 saturated carbocycles. The van der Waals surface area contributed by atoms with Gasteiger partial charge in [-0.1, -0.05) is 243 Å². The van der Waals surface area contributed by atoms with Crippen LogP contribution in [0.25, 0.3) is 157 Å². The van der Waals surface area contributed by atoms with Gasteiger partial charge in [-0.15, -0.1) is 0 Å². The largest absolute Gasteiger partial charge is 0.456 e. The molecule has 80 heavy (non-hydrogen) atoms. The number of hydrogen-bond acceptors (Lipinski definition) is 7. The summed E-state index contributed by atoms with van der Waals surface area (Å²) in [6, 6.07) is 92.0. The van der Waals surface area contributed by atoms with Crippen LogP contribution in [0.4, 0.5) is 0 Å². The quantitative estimate of drug-likeness (QED) is 0.145. The fourth-order valence-corrected chi connectivity index (χ4v) is 11.0. The van der Waals surface area contributed by atoms with Crippen LogP contribution in [0.1, 0.15) is 0 Å². The van der Waals surface area contributed by atoms with Gasteiger partial charge in [-0.3, -0.25) is 0 Å². The van der Waals surface area contributed by atoms with Gasteiger partial charge in [0.25, 0.3) is 0 Å². The van der Waals surface area contributed by atoms with Crippen molar-refractivity contribution in [2.45, 2.75) is 0 Å². The standard InChI is InChI=1S/C72H45N7O/c1-4-16-45(17-5-1)47-32-38-51(39-33-47)69-75-70(52-40-34-48(35-41-52)46-18-6-2-7-19-46)78-71(77-69)59-27-14-29-61-64(59)58-26-13-25-56(66(58)73-61)55-23-12-22-54(44-55)49-36-42-53(43-37-49)68-74-67(50-20-8-3-9-21-50)76-72(79-68)60-28-15-31-63-65(60)57-24-10-11-30-62(57)80-63/h1-44,73H. The Morgan fingerprint density at radius 1 is 0.237 bits per heavy atom. The maximum absolute atomic E-state index is 6.27. The summed E-state index contributed by atoms with van der Waals surface area (Å²) >= 11 is 0. The molecule has 0 fully saturated rings. The first-order chi connectivity index (χ1) is 39.6. The fraction of sp³-hybridized carbons (Fsp3) is 0. The molecular formula is C72H45N7O. The Balaban J connectivity index is 0.791. The zero-order valence-corrected chi connectivity index (χ0v) is 43.0. The lowest BCUT2D eigenvalue weighted by molar-refractivity contribution is 0.669. The van der Waals surface area contributed by atoms with Gasteiger partial charge in [0.1, 0.15) is 11.2 Å². The van der Waals surface area contributed by atoms with Crippen molar-refractivity contribution in [3.05, 3.63) is 267 Å². The smallest absolute Gasteiger partial charge is 0.164 e. The molecule has 0 aliphatic carbocycles. The third-order valence-electron chi connectivity index (χ3n) is 15.0. The molecule has 374 valence electrons. The monoisotopic (exact) mass is 1020 g/mol. The molecule has 8 nitrogen and oxygen atoms in total. The lowest BCUT2D eigenvalue weighted by Crippen LogP contribution is -2.00. The predicted octanol–water partition coefficient (Wildman–Crippen LogP) is 18.3. The third kappa shape index (κ3) is 8.45. The average molecular weight is 1020 g/mol. The Hall–Kier alpha value is -11.0. The average Bonchev–Trinajstić information content (AvgIpc) is 4.33. The molecule has 0 atom stereocenters. The fourth-order valence-electron chi connectivity index (χ4n) is 11.0. The molecule has 0 aliphatic heterocycles. The van der Waals surface area contributed by atoms with Gasteiger partial charge < -0.3 is 9.40 Å². The summed E-state index contributed by atoms with van der Waals surface area (Å²) < 4.78 is 6.27. The molecule has 15 aromatic rings. The number of H-pyrrole nitrogens is 1. The molecule has 11 aromatic carbocycles. The van der Waals surface area contributed by atoms with E-state index < -0.39 is 0 Å². The van der Waals surface area contributed by atoms with Crippen LogP contribution in [-0.2, 0) is 0 Å². The lowest BCUT2D eigenvalue weighted by Gasteiger charge is -2.11. The van der Waals surface area contributed by atoms with Gasteiger partial charge in [0.15, 0.2) is 34.9 Å². The Morgan fingerprint density at radius 3 is 1.18 bits per heavy atom. The molecule has 0 unspecified atom stereocenters. The van der Waals surface area contributed by atoms with E-state index in [0.717, 1.165) is 122 Å².